The van der Waals surface area contributed by atoms with Gasteiger partial charge in [-0.3, -0.25) is 4.79 Å². The summed E-state index contributed by atoms with van der Waals surface area (Å²) in [6, 6.07) is 19.7. The lowest BCUT2D eigenvalue weighted by Gasteiger charge is -2.10. The number of carbonyl (C=O) groups excluding carboxylic acids is 1. The van der Waals surface area contributed by atoms with E-state index >= 15 is 0 Å². The summed E-state index contributed by atoms with van der Waals surface area (Å²) in [6.07, 6.45) is 2.91. The highest BCUT2D eigenvalue weighted by Crippen LogP contribution is 2.18. The molecule has 5 heteroatoms. The Balaban J connectivity index is 1.48. The average molecular weight is 375 g/mol. The van der Waals surface area contributed by atoms with Gasteiger partial charge in [0.1, 0.15) is 11.6 Å². The van der Waals surface area contributed by atoms with Crippen molar-refractivity contribution in [2.45, 2.75) is 19.8 Å². The zero-order valence-electron chi connectivity index (χ0n) is 16.2. The lowest BCUT2D eigenvalue weighted by Crippen LogP contribution is -2.15. The van der Waals surface area contributed by atoms with E-state index in [1.54, 1.807) is 19.4 Å². The van der Waals surface area contributed by atoms with Crippen LogP contribution in [0.3, 0.4) is 0 Å². The summed E-state index contributed by atoms with van der Waals surface area (Å²) < 4.78 is 5.37. The minimum atomic E-state index is -0.0741. The molecule has 0 aliphatic carbocycles. The van der Waals surface area contributed by atoms with Crippen molar-refractivity contribution in [3.63, 3.8) is 0 Å². The van der Waals surface area contributed by atoms with E-state index in [9.17, 15) is 4.79 Å². The Morgan fingerprint density at radius 3 is 2.68 bits per heavy atom. The predicted molar refractivity (Wildman–Crippen MR) is 113 cm³/mol. The Morgan fingerprint density at radius 1 is 1.07 bits per heavy atom. The van der Waals surface area contributed by atoms with Crippen molar-refractivity contribution in [1.82, 2.24) is 4.98 Å². The van der Waals surface area contributed by atoms with Crippen LogP contribution in [-0.2, 0) is 17.6 Å². The van der Waals surface area contributed by atoms with E-state index in [1.165, 1.54) is 0 Å². The summed E-state index contributed by atoms with van der Waals surface area (Å²) in [4.78, 5) is 16.5. The number of hydrogen-bond donors (Lipinski definition) is 2. The number of hydrogen-bond acceptors (Lipinski definition) is 4. The first-order chi connectivity index (χ1) is 13.6. The van der Waals surface area contributed by atoms with Gasteiger partial charge in [0.25, 0.3) is 0 Å². The van der Waals surface area contributed by atoms with Crippen LogP contribution in [0.4, 0.5) is 11.5 Å². The molecule has 5 nitrogen and oxygen atoms in total. The molecule has 0 unspecified atom stereocenters. The topological polar surface area (TPSA) is 63.2 Å². The molecule has 0 radical (unpaired) electrons. The van der Waals surface area contributed by atoms with Crippen LogP contribution >= 0.6 is 0 Å². The molecule has 0 fully saturated rings. The molecule has 1 heterocycles. The number of para-hydroxylation sites is 1. The van der Waals surface area contributed by atoms with E-state index < -0.39 is 0 Å². The first kappa shape index (κ1) is 19.4. The number of ether oxygens (including phenoxy) is 1. The quantitative estimate of drug-likeness (QED) is 0.618. The molecule has 0 saturated heterocycles. The number of benzene rings is 2. The van der Waals surface area contributed by atoms with Crippen molar-refractivity contribution in [1.29, 1.82) is 0 Å². The second-order valence-electron chi connectivity index (χ2n) is 6.63. The number of aryl methyl sites for hydroxylation is 1. The highest BCUT2D eigenvalue weighted by atomic mass is 16.5. The van der Waals surface area contributed by atoms with E-state index in [2.05, 4.69) is 21.7 Å². The fraction of sp³-hybridized carbons (Fsp3) is 0.217. The molecule has 0 saturated carbocycles. The summed E-state index contributed by atoms with van der Waals surface area (Å²) in [5.41, 5.74) is 4.20. The van der Waals surface area contributed by atoms with E-state index in [-0.39, 0.29) is 5.91 Å². The number of anilines is 2. The summed E-state index contributed by atoms with van der Waals surface area (Å²) in [5.74, 6) is 1.37. The second kappa shape index (κ2) is 9.55. The molecular formula is C23H25N3O2. The first-order valence-electron chi connectivity index (χ1n) is 9.31. The standard InChI is InChI=1S/C23H25N3O2/c1-17-6-5-7-18(14-17)15-23(27)26-22-11-10-20(16-25-22)24-13-12-19-8-3-4-9-21(19)28-2/h3-11,14,16,24H,12-13,15H2,1-2H3,(H,25,26,27). The molecule has 0 bridgehead atoms. The molecule has 0 aliphatic rings. The van der Waals surface area contributed by atoms with Gasteiger partial charge in [0.05, 0.1) is 25.4 Å². The van der Waals surface area contributed by atoms with Crippen LogP contribution in [0.1, 0.15) is 16.7 Å². The number of methoxy groups -OCH3 is 1. The predicted octanol–water partition coefficient (Wildman–Crippen LogP) is 4.23. The monoisotopic (exact) mass is 375 g/mol. The van der Waals surface area contributed by atoms with Gasteiger partial charge >= 0.3 is 0 Å². The molecule has 3 rings (SSSR count). The number of nitrogens with one attached hydrogen (secondary N) is 2. The molecule has 3 aromatic rings. The van der Waals surface area contributed by atoms with E-state index in [4.69, 9.17) is 4.74 Å². The number of pyridine rings is 1. The Hall–Kier alpha value is -3.34. The van der Waals surface area contributed by atoms with Gasteiger partial charge in [0.15, 0.2) is 0 Å². The van der Waals surface area contributed by atoms with Gasteiger partial charge in [0.2, 0.25) is 5.91 Å². The Morgan fingerprint density at radius 2 is 1.93 bits per heavy atom. The van der Waals surface area contributed by atoms with Crippen molar-refractivity contribution in [2.75, 3.05) is 24.3 Å². The normalized spacial score (nSPS) is 10.4. The van der Waals surface area contributed by atoms with Crippen LogP contribution in [0.2, 0.25) is 0 Å². The zero-order chi connectivity index (χ0) is 19.8. The van der Waals surface area contributed by atoms with Crippen molar-refractivity contribution in [3.8, 4) is 5.75 Å². The van der Waals surface area contributed by atoms with Crippen molar-refractivity contribution in [2.24, 2.45) is 0 Å². The maximum atomic E-state index is 12.2. The van der Waals surface area contributed by atoms with Crippen LogP contribution in [0.5, 0.6) is 5.75 Å². The Bertz CT molecular complexity index is 923. The third kappa shape index (κ3) is 5.58. The lowest BCUT2D eigenvalue weighted by molar-refractivity contribution is -0.115. The Labute approximate surface area is 165 Å². The van der Waals surface area contributed by atoms with Gasteiger partial charge in [-0.1, -0.05) is 48.0 Å². The smallest absolute Gasteiger partial charge is 0.229 e. The van der Waals surface area contributed by atoms with Crippen molar-refractivity contribution < 1.29 is 9.53 Å². The largest absolute Gasteiger partial charge is 0.496 e. The molecule has 1 amide bonds. The molecule has 144 valence electrons. The fourth-order valence-corrected chi connectivity index (χ4v) is 3.02. The molecule has 0 atom stereocenters. The average Bonchev–Trinajstić information content (AvgIpc) is 2.69. The van der Waals surface area contributed by atoms with Gasteiger partial charge in [-0.2, -0.15) is 0 Å². The number of nitrogens with zero attached hydrogens (tertiary/aromatic N) is 1. The van der Waals surface area contributed by atoms with Gasteiger partial charge in [-0.05, 0) is 42.7 Å². The molecule has 2 aromatic carbocycles. The molecule has 0 aliphatic heterocycles. The van der Waals surface area contributed by atoms with E-state index in [0.717, 1.165) is 41.1 Å². The van der Waals surface area contributed by atoms with Gasteiger partial charge in [-0.25, -0.2) is 4.98 Å². The van der Waals surface area contributed by atoms with Crippen LogP contribution in [0, 0.1) is 6.92 Å². The SMILES string of the molecule is COc1ccccc1CCNc1ccc(NC(=O)Cc2cccc(C)c2)nc1. The van der Waals surface area contributed by atoms with Crippen molar-refractivity contribution in [3.05, 3.63) is 83.6 Å². The van der Waals surface area contributed by atoms with E-state index in [1.807, 2.05) is 55.5 Å². The number of rotatable bonds is 8. The second-order valence-corrected chi connectivity index (χ2v) is 6.63. The lowest BCUT2D eigenvalue weighted by atomic mass is 10.1. The molecular weight excluding hydrogens is 350 g/mol. The van der Waals surface area contributed by atoms with E-state index in [0.29, 0.717) is 12.2 Å². The minimum absolute atomic E-state index is 0.0741. The summed E-state index contributed by atoms with van der Waals surface area (Å²) in [7, 11) is 1.68. The highest BCUT2D eigenvalue weighted by Gasteiger charge is 2.06. The summed E-state index contributed by atoms with van der Waals surface area (Å²) in [6.45, 7) is 2.78. The first-order valence-corrected chi connectivity index (χ1v) is 9.31. The van der Waals surface area contributed by atoms with Gasteiger partial charge < -0.3 is 15.4 Å². The number of carbonyl (C=O) groups is 1. The summed E-state index contributed by atoms with van der Waals surface area (Å²) in [5, 5.41) is 6.18. The number of aromatic nitrogens is 1. The summed E-state index contributed by atoms with van der Waals surface area (Å²) >= 11 is 0. The minimum Gasteiger partial charge on any atom is -0.496 e. The number of amides is 1. The molecule has 0 spiro atoms. The Kier molecular flexibility index (Phi) is 6.63. The third-order valence-electron chi connectivity index (χ3n) is 4.39. The van der Waals surface area contributed by atoms with Crippen molar-refractivity contribution >= 4 is 17.4 Å². The maximum Gasteiger partial charge on any atom is 0.229 e. The van der Waals surface area contributed by atoms with Gasteiger partial charge in [0, 0.05) is 6.54 Å². The highest BCUT2D eigenvalue weighted by molar-refractivity contribution is 5.91. The fourth-order valence-electron chi connectivity index (χ4n) is 3.02. The molecule has 28 heavy (non-hydrogen) atoms. The molecule has 2 N–H and O–H groups in total. The van der Waals surface area contributed by atoms with Crippen LogP contribution < -0.4 is 15.4 Å². The zero-order valence-corrected chi connectivity index (χ0v) is 16.2. The van der Waals surface area contributed by atoms with Crippen LogP contribution in [-0.4, -0.2) is 24.5 Å². The van der Waals surface area contributed by atoms with Gasteiger partial charge in [-0.15, -0.1) is 0 Å². The molecule has 1 aromatic heterocycles. The van der Waals surface area contributed by atoms with Crippen LogP contribution in [0.15, 0.2) is 66.9 Å². The maximum absolute atomic E-state index is 12.2. The third-order valence-corrected chi connectivity index (χ3v) is 4.39. The van der Waals surface area contributed by atoms with Crippen LogP contribution in [0.25, 0.3) is 0 Å².